The first-order chi connectivity index (χ1) is 15.3. The average molecular weight is 476 g/mol. The maximum atomic E-state index is 13.3. The second-order valence-corrected chi connectivity index (χ2v) is 10.7. The van der Waals surface area contributed by atoms with Crippen LogP contribution in [0, 0.1) is 0 Å². The number of anilines is 1. The number of carbonyl (C=O) groups is 4. The van der Waals surface area contributed by atoms with Gasteiger partial charge in [-0.05, 0) is 68.4 Å². The summed E-state index contributed by atoms with van der Waals surface area (Å²) in [5, 5.41) is 0.243. The molecule has 2 rings (SSSR count). The fourth-order valence-corrected chi connectivity index (χ4v) is 3.04. The number of rotatable bonds is 2. The van der Waals surface area contributed by atoms with Gasteiger partial charge < -0.3 is 19.9 Å². The van der Waals surface area contributed by atoms with E-state index in [4.69, 9.17) is 19.9 Å². The third-order valence-electron chi connectivity index (χ3n) is 4.04. The number of nitrogens with zero attached hydrogens (tertiary/aromatic N) is 2. The highest BCUT2D eigenvalue weighted by atomic mass is 16.6. The van der Waals surface area contributed by atoms with Gasteiger partial charge in [0.2, 0.25) is 0 Å². The Kier molecular flexibility index (Phi) is 7.06. The number of fused-ring (bicyclic) bond motifs is 1. The third-order valence-corrected chi connectivity index (χ3v) is 4.04. The summed E-state index contributed by atoms with van der Waals surface area (Å²) in [6.45, 7) is 14.6. The minimum atomic E-state index is -1.16. The van der Waals surface area contributed by atoms with E-state index >= 15 is 0 Å². The molecule has 0 spiro atoms. The van der Waals surface area contributed by atoms with Crippen molar-refractivity contribution in [2.75, 3.05) is 4.90 Å². The number of benzene rings is 1. The van der Waals surface area contributed by atoms with Gasteiger partial charge in [-0.1, -0.05) is 18.2 Å². The van der Waals surface area contributed by atoms with E-state index in [0.29, 0.717) is 4.90 Å². The van der Waals surface area contributed by atoms with E-state index < -0.39 is 46.8 Å². The lowest BCUT2D eigenvalue weighted by Gasteiger charge is -2.29. The lowest BCUT2D eigenvalue weighted by atomic mass is 10.1. The van der Waals surface area contributed by atoms with Crippen LogP contribution in [0.3, 0.4) is 0 Å². The first-order valence-electron chi connectivity index (χ1n) is 10.7. The Hall–Kier alpha value is -3.56. The minimum absolute atomic E-state index is 0.206. The molecule has 0 bridgehead atoms. The van der Waals surface area contributed by atoms with E-state index in [-0.39, 0.29) is 16.5 Å². The number of carbonyl (C=O) groups excluding carboxylic acids is 4. The second kappa shape index (κ2) is 9.00. The fraction of sp³-hybridized carbons (Fsp3) is 0.500. The molecule has 1 heterocycles. The highest BCUT2D eigenvalue weighted by Gasteiger charge is 2.40. The highest BCUT2D eigenvalue weighted by Crippen LogP contribution is 2.35. The van der Waals surface area contributed by atoms with Crippen LogP contribution in [0.4, 0.5) is 20.2 Å². The molecule has 3 amide bonds. The summed E-state index contributed by atoms with van der Waals surface area (Å²) in [6, 6.07) is 6.34. The number of primary amides is 1. The lowest BCUT2D eigenvalue weighted by Crippen LogP contribution is -2.46. The standard InChI is InChI=1S/C24H33N3O7/c1-22(2,3)32-19(29)26-15-13-11-10-12-14(15)16(17(25)28)18(26)27(20(30)33-23(4,5)6)21(31)34-24(7,8)9/h10-13H,1-9H3,(H2,25,28). The first kappa shape index (κ1) is 26.7. The van der Waals surface area contributed by atoms with Crippen LogP contribution in [0.1, 0.15) is 72.7 Å². The molecular weight excluding hydrogens is 442 g/mol. The minimum Gasteiger partial charge on any atom is -0.443 e. The van der Waals surface area contributed by atoms with Crippen molar-refractivity contribution in [2.45, 2.75) is 79.1 Å². The fourth-order valence-electron chi connectivity index (χ4n) is 3.04. The Morgan fingerprint density at radius 1 is 0.765 bits per heavy atom. The molecule has 0 fully saturated rings. The van der Waals surface area contributed by atoms with Gasteiger partial charge in [0, 0.05) is 5.39 Å². The van der Waals surface area contributed by atoms with E-state index in [0.717, 1.165) is 4.57 Å². The predicted octanol–water partition coefficient (Wildman–Crippen LogP) is 5.20. The van der Waals surface area contributed by atoms with Gasteiger partial charge in [-0.25, -0.2) is 19.0 Å². The van der Waals surface area contributed by atoms with Crippen molar-refractivity contribution in [1.82, 2.24) is 4.57 Å². The lowest BCUT2D eigenvalue weighted by molar-refractivity contribution is 0.0426. The molecule has 10 heteroatoms. The van der Waals surface area contributed by atoms with Gasteiger partial charge in [0.05, 0.1) is 11.1 Å². The SMILES string of the molecule is CC(C)(C)OC(=O)N(C(=O)OC(C)(C)C)c1c(C(N)=O)c2ccccc2n1C(=O)OC(C)(C)C. The molecule has 0 aliphatic rings. The van der Waals surface area contributed by atoms with E-state index in [2.05, 4.69) is 0 Å². The number of amides is 3. The molecule has 2 N–H and O–H groups in total. The summed E-state index contributed by atoms with van der Waals surface area (Å²) >= 11 is 0. The van der Waals surface area contributed by atoms with Gasteiger partial charge >= 0.3 is 18.3 Å². The zero-order valence-corrected chi connectivity index (χ0v) is 21.1. The van der Waals surface area contributed by atoms with Crippen molar-refractivity contribution >= 4 is 40.9 Å². The molecule has 2 aromatic rings. The summed E-state index contributed by atoms with van der Waals surface area (Å²) in [4.78, 5) is 53.0. The largest absolute Gasteiger partial charge is 0.443 e. The second-order valence-electron chi connectivity index (χ2n) is 10.7. The van der Waals surface area contributed by atoms with Crippen molar-refractivity contribution < 1.29 is 33.4 Å². The van der Waals surface area contributed by atoms with Crippen LogP contribution in [0.2, 0.25) is 0 Å². The Morgan fingerprint density at radius 3 is 1.62 bits per heavy atom. The molecule has 186 valence electrons. The maximum Gasteiger partial charge on any atom is 0.425 e. The molecule has 1 aromatic carbocycles. The van der Waals surface area contributed by atoms with E-state index in [1.165, 1.54) is 6.07 Å². The van der Waals surface area contributed by atoms with E-state index in [1.807, 2.05) is 0 Å². The van der Waals surface area contributed by atoms with Crippen molar-refractivity contribution in [3.05, 3.63) is 29.8 Å². The number of imide groups is 1. The Balaban J connectivity index is 2.95. The number of aromatic nitrogens is 1. The van der Waals surface area contributed by atoms with Gasteiger partial charge in [-0.2, -0.15) is 4.90 Å². The molecule has 0 saturated heterocycles. The van der Waals surface area contributed by atoms with Crippen LogP contribution in [0.5, 0.6) is 0 Å². The summed E-state index contributed by atoms with van der Waals surface area (Å²) in [6.07, 6.45) is -3.24. The number of nitrogens with two attached hydrogens (primary N) is 1. The molecule has 34 heavy (non-hydrogen) atoms. The zero-order chi connectivity index (χ0) is 26.2. The smallest absolute Gasteiger partial charge is 0.425 e. The molecule has 0 aliphatic heterocycles. The summed E-state index contributed by atoms with van der Waals surface area (Å²) < 4.78 is 17.3. The van der Waals surface area contributed by atoms with Gasteiger partial charge in [-0.15, -0.1) is 0 Å². The highest BCUT2D eigenvalue weighted by molar-refractivity contribution is 6.21. The normalized spacial score (nSPS) is 12.3. The van der Waals surface area contributed by atoms with Crippen LogP contribution in [0.25, 0.3) is 10.9 Å². The molecule has 0 unspecified atom stereocenters. The molecular formula is C24H33N3O7. The summed E-state index contributed by atoms with van der Waals surface area (Å²) in [5.74, 6) is -1.39. The predicted molar refractivity (Wildman–Crippen MR) is 127 cm³/mol. The van der Waals surface area contributed by atoms with Gasteiger partial charge in [0.15, 0.2) is 5.82 Å². The van der Waals surface area contributed by atoms with Crippen molar-refractivity contribution in [3.63, 3.8) is 0 Å². The topological polar surface area (TPSA) is 130 Å². The molecule has 0 aliphatic carbocycles. The Labute approximate surface area is 198 Å². The van der Waals surface area contributed by atoms with Crippen molar-refractivity contribution in [2.24, 2.45) is 5.73 Å². The van der Waals surface area contributed by atoms with Gasteiger partial charge in [-0.3, -0.25) is 4.79 Å². The first-order valence-corrected chi connectivity index (χ1v) is 10.7. The number of para-hydroxylation sites is 1. The van der Waals surface area contributed by atoms with Crippen LogP contribution in [-0.4, -0.2) is 45.6 Å². The number of hydrogen-bond donors (Lipinski definition) is 1. The van der Waals surface area contributed by atoms with Gasteiger partial charge in [0.25, 0.3) is 5.91 Å². The molecule has 0 saturated carbocycles. The quantitative estimate of drug-likeness (QED) is 0.591. The van der Waals surface area contributed by atoms with Crippen molar-refractivity contribution in [1.29, 1.82) is 0 Å². The Morgan fingerprint density at radius 2 is 1.21 bits per heavy atom. The molecule has 1 aromatic heterocycles. The average Bonchev–Trinajstić information content (AvgIpc) is 2.91. The van der Waals surface area contributed by atoms with Crippen LogP contribution in [-0.2, 0) is 14.2 Å². The third kappa shape index (κ3) is 6.27. The Bertz CT molecular complexity index is 1100. The molecule has 10 nitrogen and oxygen atoms in total. The van der Waals surface area contributed by atoms with Gasteiger partial charge in [0.1, 0.15) is 16.8 Å². The van der Waals surface area contributed by atoms with E-state index in [1.54, 1.807) is 80.5 Å². The maximum absolute atomic E-state index is 13.3. The van der Waals surface area contributed by atoms with Crippen LogP contribution in [0.15, 0.2) is 24.3 Å². The van der Waals surface area contributed by atoms with E-state index in [9.17, 15) is 19.2 Å². The van der Waals surface area contributed by atoms with Crippen molar-refractivity contribution in [3.8, 4) is 0 Å². The zero-order valence-electron chi connectivity index (χ0n) is 21.1. The number of ether oxygens (including phenoxy) is 3. The molecule has 0 radical (unpaired) electrons. The number of hydrogen-bond acceptors (Lipinski definition) is 7. The van der Waals surface area contributed by atoms with Crippen LogP contribution < -0.4 is 10.6 Å². The van der Waals surface area contributed by atoms with Crippen LogP contribution >= 0.6 is 0 Å². The molecule has 0 atom stereocenters. The monoisotopic (exact) mass is 475 g/mol. The summed E-state index contributed by atoms with van der Waals surface area (Å²) in [7, 11) is 0. The summed E-state index contributed by atoms with van der Waals surface area (Å²) in [5.41, 5.74) is 2.71.